The predicted molar refractivity (Wildman–Crippen MR) is 109 cm³/mol. The Bertz CT molecular complexity index is 1100. The summed E-state index contributed by atoms with van der Waals surface area (Å²) >= 11 is 13.7. The van der Waals surface area contributed by atoms with Crippen molar-refractivity contribution in [2.75, 3.05) is 0 Å². The molecule has 8 heteroatoms. The van der Waals surface area contributed by atoms with Gasteiger partial charge < -0.3 is 4.42 Å². The number of halogens is 3. The second-order valence-corrected chi connectivity index (χ2v) is 7.76. The topological polar surface area (TPSA) is 43.9 Å². The van der Waals surface area contributed by atoms with Crippen molar-refractivity contribution in [1.29, 1.82) is 0 Å². The van der Waals surface area contributed by atoms with Gasteiger partial charge in [0.05, 0.1) is 18.4 Å². The largest absolute Gasteiger partial charge is 0.467 e. The van der Waals surface area contributed by atoms with Gasteiger partial charge in [0.2, 0.25) is 0 Å². The van der Waals surface area contributed by atoms with Crippen molar-refractivity contribution in [2.45, 2.75) is 17.5 Å². The highest BCUT2D eigenvalue weighted by Crippen LogP contribution is 2.31. The molecule has 0 spiro atoms. The van der Waals surface area contributed by atoms with Crippen LogP contribution in [0.15, 0.2) is 70.4 Å². The van der Waals surface area contributed by atoms with Crippen LogP contribution in [0.2, 0.25) is 10.0 Å². The predicted octanol–water partition coefficient (Wildman–Crippen LogP) is 6.32. The Labute approximate surface area is 175 Å². The molecule has 4 rings (SSSR count). The molecular weight excluding hydrogens is 420 g/mol. The first-order valence-electron chi connectivity index (χ1n) is 8.39. The summed E-state index contributed by atoms with van der Waals surface area (Å²) in [6.45, 7) is 0.389. The number of nitrogens with zero attached hydrogens (tertiary/aromatic N) is 3. The van der Waals surface area contributed by atoms with E-state index in [1.165, 1.54) is 17.8 Å². The van der Waals surface area contributed by atoms with Gasteiger partial charge in [-0.15, -0.1) is 10.2 Å². The summed E-state index contributed by atoms with van der Waals surface area (Å²) in [7, 11) is 0. The maximum atomic E-state index is 14.3. The number of furan rings is 1. The molecule has 0 fully saturated rings. The van der Waals surface area contributed by atoms with E-state index in [4.69, 9.17) is 27.6 Å². The van der Waals surface area contributed by atoms with Crippen LogP contribution in [0.1, 0.15) is 11.3 Å². The van der Waals surface area contributed by atoms with E-state index >= 15 is 0 Å². The molecule has 2 aromatic heterocycles. The maximum absolute atomic E-state index is 14.3. The Kier molecular flexibility index (Phi) is 5.71. The first kappa shape index (κ1) is 19.1. The quantitative estimate of drug-likeness (QED) is 0.333. The van der Waals surface area contributed by atoms with Gasteiger partial charge in [0, 0.05) is 15.8 Å². The van der Waals surface area contributed by atoms with Gasteiger partial charge in [-0.05, 0) is 42.0 Å². The lowest BCUT2D eigenvalue weighted by molar-refractivity contribution is 0.485. The fourth-order valence-corrected chi connectivity index (χ4v) is 4.22. The minimum Gasteiger partial charge on any atom is -0.467 e. The van der Waals surface area contributed by atoms with Crippen molar-refractivity contribution >= 4 is 35.0 Å². The Morgan fingerprint density at radius 1 is 1.04 bits per heavy atom. The van der Waals surface area contributed by atoms with E-state index in [9.17, 15) is 4.39 Å². The van der Waals surface area contributed by atoms with Crippen LogP contribution >= 0.6 is 35.0 Å². The van der Waals surface area contributed by atoms with Gasteiger partial charge in [-0.25, -0.2) is 4.39 Å². The van der Waals surface area contributed by atoms with E-state index in [0.717, 1.165) is 11.3 Å². The van der Waals surface area contributed by atoms with Gasteiger partial charge in [0.15, 0.2) is 11.0 Å². The van der Waals surface area contributed by atoms with Gasteiger partial charge in [-0.1, -0.05) is 53.2 Å². The average molecular weight is 434 g/mol. The van der Waals surface area contributed by atoms with Gasteiger partial charge in [-0.3, -0.25) is 4.57 Å². The van der Waals surface area contributed by atoms with Gasteiger partial charge in [-0.2, -0.15) is 0 Å². The highest BCUT2D eigenvalue weighted by molar-refractivity contribution is 7.98. The molecule has 2 heterocycles. The Morgan fingerprint density at radius 2 is 1.89 bits per heavy atom. The third-order valence-corrected chi connectivity index (χ3v) is 5.70. The molecule has 0 saturated carbocycles. The maximum Gasteiger partial charge on any atom is 0.192 e. The van der Waals surface area contributed by atoms with Crippen molar-refractivity contribution in [2.24, 2.45) is 0 Å². The van der Waals surface area contributed by atoms with Crippen LogP contribution in [0.3, 0.4) is 0 Å². The van der Waals surface area contributed by atoms with E-state index < -0.39 is 0 Å². The number of benzene rings is 2. The Morgan fingerprint density at radius 3 is 2.64 bits per heavy atom. The van der Waals surface area contributed by atoms with Crippen LogP contribution in [-0.2, 0) is 12.3 Å². The number of aromatic nitrogens is 3. The first-order chi connectivity index (χ1) is 13.6. The monoisotopic (exact) mass is 433 g/mol. The summed E-state index contributed by atoms with van der Waals surface area (Å²) in [6.07, 6.45) is 1.60. The van der Waals surface area contributed by atoms with Crippen LogP contribution in [0.4, 0.5) is 4.39 Å². The fourth-order valence-electron chi connectivity index (χ4n) is 2.72. The molecule has 28 heavy (non-hydrogen) atoms. The molecule has 142 valence electrons. The van der Waals surface area contributed by atoms with Crippen LogP contribution in [-0.4, -0.2) is 14.8 Å². The Balaban J connectivity index is 1.67. The second kappa shape index (κ2) is 8.39. The van der Waals surface area contributed by atoms with E-state index in [2.05, 4.69) is 10.2 Å². The molecule has 0 radical (unpaired) electrons. The van der Waals surface area contributed by atoms with Crippen molar-refractivity contribution in [1.82, 2.24) is 14.8 Å². The van der Waals surface area contributed by atoms with Crippen molar-refractivity contribution in [3.8, 4) is 11.4 Å². The third kappa shape index (κ3) is 4.09. The molecule has 4 aromatic rings. The molecule has 0 N–H and O–H groups in total. The van der Waals surface area contributed by atoms with Gasteiger partial charge in [0.25, 0.3) is 0 Å². The minimum absolute atomic E-state index is 0.354. The van der Waals surface area contributed by atoms with E-state index in [0.29, 0.717) is 38.9 Å². The molecule has 0 saturated heterocycles. The van der Waals surface area contributed by atoms with Crippen LogP contribution in [0.25, 0.3) is 11.4 Å². The lowest BCUT2D eigenvalue weighted by Crippen LogP contribution is -2.04. The summed E-state index contributed by atoms with van der Waals surface area (Å²) in [4.78, 5) is 0. The van der Waals surface area contributed by atoms with Crippen LogP contribution < -0.4 is 0 Å². The normalized spacial score (nSPS) is 11.1. The van der Waals surface area contributed by atoms with Crippen LogP contribution in [0, 0.1) is 5.82 Å². The van der Waals surface area contributed by atoms with E-state index in [1.54, 1.807) is 36.6 Å². The number of hydrogen-bond donors (Lipinski definition) is 0. The molecule has 4 nitrogen and oxygen atoms in total. The zero-order chi connectivity index (χ0) is 19.5. The second-order valence-electron chi connectivity index (χ2n) is 5.98. The molecular formula is C20H14Cl2FN3OS. The summed E-state index contributed by atoms with van der Waals surface area (Å²) in [5.41, 5.74) is 1.31. The molecule has 0 unspecified atom stereocenters. The van der Waals surface area contributed by atoms with E-state index in [-0.39, 0.29) is 5.82 Å². The smallest absolute Gasteiger partial charge is 0.192 e. The minimum atomic E-state index is -0.354. The lowest BCUT2D eigenvalue weighted by Gasteiger charge is -2.10. The highest BCUT2D eigenvalue weighted by Gasteiger charge is 2.18. The van der Waals surface area contributed by atoms with E-state index in [1.807, 2.05) is 22.8 Å². The first-order valence-corrected chi connectivity index (χ1v) is 10.1. The van der Waals surface area contributed by atoms with Crippen LogP contribution in [0.5, 0.6) is 0 Å². The third-order valence-electron chi connectivity index (χ3n) is 4.10. The molecule has 0 aliphatic rings. The fraction of sp³-hybridized carbons (Fsp3) is 0.100. The number of hydrogen-bond acceptors (Lipinski definition) is 4. The SMILES string of the molecule is Fc1ccccc1-c1nnc(SCc2ccc(Cl)cc2Cl)n1Cc1ccco1. The molecule has 0 bridgehead atoms. The molecule has 0 aliphatic heterocycles. The summed E-state index contributed by atoms with van der Waals surface area (Å²) in [5, 5.41) is 10.3. The highest BCUT2D eigenvalue weighted by atomic mass is 35.5. The summed E-state index contributed by atoms with van der Waals surface area (Å²) in [5.74, 6) is 1.39. The lowest BCUT2D eigenvalue weighted by atomic mass is 10.2. The van der Waals surface area contributed by atoms with Crippen molar-refractivity contribution in [3.05, 3.63) is 88.0 Å². The van der Waals surface area contributed by atoms with Gasteiger partial charge >= 0.3 is 0 Å². The number of thioether (sulfide) groups is 1. The molecule has 0 atom stereocenters. The molecule has 0 aliphatic carbocycles. The standard InChI is InChI=1S/C20H14Cl2FN3OS/c21-14-8-7-13(17(22)10-14)12-28-20-25-24-19(16-5-1-2-6-18(16)23)26(20)11-15-4-3-9-27-15/h1-10H,11-12H2. The van der Waals surface area contributed by atoms with Crippen molar-refractivity contribution in [3.63, 3.8) is 0 Å². The summed E-state index contributed by atoms with van der Waals surface area (Å²) < 4.78 is 21.6. The zero-order valence-corrected chi connectivity index (χ0v) is 16.8. The summed E-state index contributed by atoms with van der Waals surface area (Å²) in [6, 6.07) is 15.5. The zero-order valence-electron chi connectivity index (χ0n) is 14.5. The Hall–Kier alpha value is -2.28. The number of rotatable bonds is 6. The molecule has 0 amide bonds. The van der Waals surface area contributed by atoms with Gasteiger partial charge in [0.1, 0.15) is 11.6 Å². The average Bonchev–Trinajstić information content (AvgIpc) is 3.32. The van der Waals surface area contributed by atoms with Crippen molar-refractivity contribution < 1.29 is 8.81 Å². The molecule has 2 aromatic carbocycles.